The van der Waals surface area contributed by atoms with Crippen molar-refractivity contribution in [2.45, 2.75) is 44.6 Å². The maximum atomic E-state index is 12.0. The molecule has 21 heavy (non-hydrogen) atoms. The van der Waals surface area contributed by atoms with E-state index in [1.54, 1.807) is 0 Å². The van der Waals surface area contributed by atoms with E-state index in [1.165, 1.54) is 31.4 Å². The molecule has 2 heterocycles. The van der Waals surface area contributed by atoms with Gasteiger partial charge in [-0.25, -0.2) is 0 Å². The molecule has 3 rings (SSSR count). The van der Waals surface area contributed by atoms with Crippen LogP contribution in [0.25, 0.3) is 0 Å². The van der Waals surface area contributed by atoms with E-state index >= 15 is 0 Å². The number of carbonyl (C=O) groups excluding carboxylic acids is 1. The molecule has 2 aliphatic heterocycles. The van der Waals surface area contributed by atoms with Crippen molar-refractivity contribution in [3.63, 3.8) is 0 Å². The van der Waals surface area contributed by atoms with Gasteiger partial charge < -0.3 is 15.0 Å². The highest BCUT2D eigenvalue weighted by atomic mass is 16.5. The minimum atomic E-state index is -0.268. The molecule has 4 nitrogen and oxygen atoms in total. The van der Waals surface area contributed by atoms with Crippen molar-refractivity contribution < 1.29 is 9.53 Å². The Labute approximate surface area is 126 Å². The Balaban J connectivity index is 1.59. The summed E-state index contributed by atoms with van der Waals surface area (Å²) in [5, 5.41) is 2.94. The second-order valence-electron chi connectivity index (χ2n) is 5.94. The molecular formula is C17H24N2O2. The number of carbonyl (C=O) groups is 1. The van der Waals surface area contributed by atoms with E-state index in [4.69, 9.17) is 4.74 Å². The predicted molar refractivity (Wildman–Crippen MR) is 84.7 cm³/mol. The molecule has 0 spiro atoms. The minimum absolute atomic E-state index is 0.0185. The summed E-state index contributed by atoms with van der Waals surface area (Å²) in [6.45, 7) is 2.98. The Morgan fingerprint density at radius 2 is 1.76 bits per heavy atom. The summed E-state index contributed by atoms with van der Waals surface area (Å²) < 4.78 is 5.40. The molecule has 0 aliphatic carbocycles. The van der Waals surface area contributed by atoms with Crippen LogP contribution in [0.2, 0.25) is 0 Å². The maximum Gasteiger partial charge on any atom is 0.253 e. The molecule has 0 radical (unpaired) electrons. The second kappa shape index (κ2) is 6.94. The highest BCUT2D eigenvalue weighted by molar-refractivity contribution is 5.94. The topological polar surface area (TPSA) is 41.6 Å². The summed E-state index contributed by atoms with van der Waals surface area (Å²) >= 11 is 0. The number of hydrogen-bond donors (Lipinski definition) is 1. The molecule has 2 saturated heterocycles. The highest BCUT2D eigenvalue weighted by Crippen LogP contribution is 2.22. The summed E-state index contributed by atoms with van der Waals surface area (Å²) in [5.74, 6) is -0.0185. The van der Waals surface area contributed by atoms with Crippen LogP contribution in [0.4, 0.5) is 11.4 Å². The lowest BCUT2D eigenvalue weighted by molar-refractivity contribution is -0.124. The summed E-state index contributed by atoms with van der Waals surface area (Å²) in [7, 11) is 0. The van der Waals surface area contributed by atoms with Crippen LogP contribution >= 0.6 is 0 Å². The van der Waals surface area contributed by atoms with Crippen LogP contribution in [0, 0.1) is 0 Å². The lowest BCUT2D eigenvalue weighted by Crippen LogP contribution is -2.27. The second-order valence-corrected chi connectivity index (χ2v) is 5.94. The lowest BCUT2D eigenvalue weighted by Gasteiger charge is -2.23. The maximum absolute atomic E-state index is 12.0. The zero-order chi connectivity index (χ0) is 14.5. The number of amides is 1. The van der Waals surface area contributed by atoms with Gasteiger partial charge in [-0.3, -0.25) is 4.79 Å². The Morgan fingerprint density at radius 1 is 1.05 bits per heavy atom. The van der Waals surface area contributed by atoms with Crippen molar-refractivity contribution in [3.05, 3.63) is 24.3 Å². The number of nitrogens with one attached hydrogen (secondary N) is 1. The average molecular weight is 288 g/mol. The van der Waals surface area contributed by atoms with Crippen molar-refractivity contribution in [3.8, 4) is 0 Å². The van der Waals surface area contributed by atoms with Crippen LogP contribution in [0.15, 0.2) is 24.3 Å². The quantitative estimate of drug-likeness (QED) is 0.928. The summed E-state index contributed by atoms with van der Waals surface area (Å²) in [4.78, 5) is 14.4. The van der Waals surface area contributed by atoms with Crippen molar-refractivity contribution in [1.82, 2.24) is 0 Å². The Morgan fingerprint density at radius 3 is 2.38 bits per heavy atom. The summed E-state index contributed by atoms with van der Waals surface area (Å²) in [6, 6.07) is 8.20. The van der Waals surface area contributed by atoms with Gasteiger partial charge in [0.1, 0.15) is 6.10 Å². The van der Waals surface area contributed by atoms with Gasteiger partial charge in [0, 0.05) is 31.1 Å². The SMILES string of the molecule is O=C(Nc1ccc(N2CCCCCC2)cc1)[C@@H]1CCCO1. The molecule has 1 aromatic rings. The number of rotatable bonds is 3. The van der Waals surface area contributed by atoms with Crippen LogP contribution in [0.3, 0.4) is 0 Å². The smallest absolute Gasteiger partial charge is 0.253 e. The van der Waals surface area contributed by atoms with Crippen LogP contribution in [-0.2, 0) is 9.53 Å². The zero-order valence-electron chi connectivity index (χ0n) is 12.5. The van der Waals surface area contributed by atoms with Crippen LogP contribution in [0.1, 0.15) is 38.5 Å². The summed E-state index contributed by atoms with van der Waals surface area (Å²) in [6.07, 6.45) is 6.77. The largest absolute Gasteiger partial charge is 0.372 e. The van der Waals surface area contributed by atoms with Gasteiger partial charge in [0.2, 0.25) is 0 Å². The van der Waals surface area contributed by atoms with Crippen molar-refractivity contribution in [1.29, 1.82) is 0 Å². The molecule has 1 aromatic carbocycles. The number of nitrogens with zero attached hydrogens (tertiary/aromatic N) is 1. The third kappa shape index (κ3) is 3.76. The molecular weight excluding hydrogens is 264 g/mol. The Hall–Kier alpha value is -1.55. The van der Waals surface area contributed by atoms with E-state index in [0.717, 1.165) is 31.6 Å². The number of hydrogen-bond acceptors (Lipinski definition) is 3. The standard InChI is InChI=1S/C17H24N2O2/c20-17(16-6-5-13-21-16)18-14-7-9-15(10-8-14)19-11-3-1-2-4-12-19/h7-10,16H,1-6,11-13H2,(H,18,20)/t16-/m0/s1. The molecule has 1 N–H and O–H groups in total. The molecule has 4 heteroatoms. The normalized spacial score (nSPS) is 22.9. The fraction of sp³-hybridized carbons (Fsp3) is 0.588. The van der Waals surface area contributed by atoms with E-state index in [0.29, 0.717) is 6.61 Å². The van der Waals surface area contributed by atoms with Crippen LogP contribution in [-0.4, -0.2) is 31.7 Å². The van der Waals surface area contributed by atoms with Gasteiger partial charge in [0.25, 0.3) is 5.91 Å². The van der Waals surface area contributed by atoms with Crippen LogP contribution in [0.5, 0.6) is 0 Å². The monoisotopic (exact) mass is 288 g/mol. The molecule has 2 fully saturated rings. The molecule has 0 aromatic heterocycles. The van der Waals surface area contributed by atoms with E-state index in [-0.39, 0.29) is 12.0 Å². The molecule has 114 valence electrons. The number of benzene rings is 1. The van der Waals surface area contributed by atoms with Gasteiger partial charge in [-0.1, -0.05) is 12.8 Å². The highest BCUT2D eigenvalue weighted by Gasteiger charge is 2.23. The first-order chi connectivity index (χ1) is 10.3. The molecule has 0 bridgehead atoms. The van der Waals surface area contributed by atoms with Gasteiger partial charge in [0.15, 0.2) is 0 Å². The average Bonchev–Trinajstić information content (AvgIpc) is 2.91. The Bertz CT molecular complexity index is 458. The molecule has 1 atom stereocenters. The summed E-state index contributed by atoms with van der Waals surface area (Å²) in [5.41, 5.74) is 2.11. The molecule has 2 aliphatic rings. The van der Waals surface area contributed by atoms with Gasteiger partial charge in [-0.2, -0.15) is 0 Å². The molecule has 0 saturated carbocycles. The lowest BCUT2D eigenvalue weighted by atomic mass is 10.2. The zero-order valence-corrected chi connectivity index (χ0v) is 12.5. The fourth-order valence-corrected chi connectivity index (χ4v) is 3.09. The van der Waals surface area contributed by atoms with Crippen molar-refractivity contribution in [2.24, 2.45) is 0 Å². The number of ether oxygens (including phenoxy) is 1. The predicted octanol–water partition coefficient (Wildman–Crippen LogP) is 3.18. The molecule has 1 amide bonds. The first-order valence-electron chi connectivity index (χ1n) is 8.10. The van der Waals surface area contributed by atoms with Crippen molar-refractivity contribution in [2.75, 3.05) is 29.9 Å². The van der Waals surface area contributed by atoms with E-state index < -0.39 is 0 Å². The van der Waals surface area contributed by atoms with Crippen molar-refractivity contribution >= 4 is 17.3 Å². The van der Waals surface area contributed by atoms with E-state index in [2.05, 4.69) is 22.3 Å². The van der Waals surface area contributed by atoms with Gasteiger partial charge in [-0.05, 0) is 49.9 Å². The van der Waals surface area contributed by atoms with Crippen LogP contribution < -0.4 is 10.2 Å². The minimum Gasteiger partial charge on any atom is -0.372 e. The first kappa shape index (κ1) is 14.4. The van der Waals surface area contributed by atoms with Gasteiger partial charge >= 0.3 is 0 Å². The van der Waals surface area contributed by atoms with Gasteiger partial charge in [-0.15, -0.1) is 0 Å². The number of anilines is 2. The Kier molecular flexibility index (Phi) is 4.76. The third-order valence-electron chi connectivity index (χ3n) is 4.33. The third-order valence-corrected chi connectivity index (χ3v) is 4.33. The van der Waals surface area contributed by atoms with E-state index in [9.17, 15) is 4.79 Å². The van der Waals surface area contributed by atoms with Gasteiger partial charge in [0.05, 0.1) is 0 Å². The molecule has 0 unspecified atom stereocenters. The first-order valence-corrected chi connectivity index (χ1v) is 8.10. The fourth-order valence-electron chi connectivity index (χ4n) is 3.09. The van der Waals surface area contributed by atoms with E-state index in [1.807, 2.05) is 12.1 Å².